The topological polar surface area (TPSA) is 113 Å². The number of nitrogens with two attached hydrogens (primary N) is 1. The van der Waals surface area contributed by atoms with Crippen LogP contribution in [-0.4, -0.2) is 60.8 Å². The molecular weight excluding hydrogens is 486 g/mol. The first-order valence-corrected chi connectivity index (χ1v) is 15.4. The summed E-state index contributed by atoms with van der Waals surface area (Å²) in [6.45, 7) is 8.95. The van der Waals surface area contributed by atoms with Gasteiger partial charge in [0.2, 0.25) is 15.9 Å². The van der Waals surface area contributed by atoms with Crippen LogP contribution in [-0.2, 0) is 20.2 Å². The summed E-state index contributed by atoms with van der Waals surface area (Å²) < 4.78 is 29.6. The van der Waals surface area contributed by atoms with Gasteiger partial charge in [-0.15, -0.1) is 0 Å². The maximum atomic E-state index is 14.0. The number of aliphatic hydroxyl groups is 1. The van der Waals surface area contributed by atoms with Crippen molar-refractivity contribution in [3.63, 3.8) is 0 Å². The van der Waals surface area contributed by atoms with E-state index in [9.17, 15) is 18.3 Å². The Morgan fingerprint density at radius 1 is 1.19 bits per heavy atom. The molecule has 0 radical (unpaired) electrons. The van der Waals surface area contributed by atoms with Gasteiger partial charge < -0.3 is 16.2 Å². The second-order valence-electron chi connectivity index (χ2n) is 13.0. The number of hydrogen-bond donors (Lipinski definition) is 3. The van der Waals surface area contributed by atoms with Crippen LogP contribution in [0.2, 0.25) is 0 Å². The standard InChI is InChI=1S/C29H43N3O4S/c1-20(2)24(30)25(33)31-18-29(34)17-22-10-12-28(29,26(22,3)4)19-37(35,36)32-15-13-27(14-16-32)11-9-21-7-5-6-8-23(21)27/h5-9,11,20,22,24,34H,10,12-19,30H2,1-4H3,(H,31,33)/t22-,24+,28+,29+/m1/s1. The quantitative estimate of drug-likeness (QED) is 0.503. The third-order valence-electron chi connectivity index (χ3n) is 10.7. The van der Waals surface area contributed by atoms with Crippen molar-refractivity contribution in [2.75, 3.05) is 25.4 Å². The average molecular weight is 530 g/mol. The van der Waals surface area contributed by atoms with Crippen molar-refractivity contribution >= 4 is 22.0 Å². The molecule has 37 heavy (non-hydrogen) atoms. The summed E-state index contributed by atoms with van der Waals surface area (Å²) in [5.41, 5.74) is 5.99. The van der Waals surface area contributed by atoms with Crippen molar-refractivity contribution in [3.8, 4) is 0 Å². The minimum Gasteiger partial charge on any atom is -0.387 e. The molecule has 2 saturated carbocycles. The number of allylic oxidation sites excluding steroid dienone is 1. The fraction of sp³-hybridized carbons (Fsp3) is 0.690. The minimum atomic E-state index is -3.63. The number of nitrogens with zero attached hydrogens (tertiary/aromatic N) is 1. The molecule has 0 aromatic heterocycles. The normalized spacial score (nSPS) is 32.7. The zero-order valence-electron chi connectivity index (χ0n) is 22.7. The number of amides is 1. The summed E-state index contributed by atoms with van der Waals surface area (Å²) in [5.74, 6) is -0.197. The van der Waals surface area contributed by atoms with Gasteiger partial charge in [-0.2, -0.15) is 0 Å². The number of sulfonamides is 1. The maximum Gasteiger partial charge on any atom is 0.237 e. The first kappa shape index (κ1) is 26.9. The van der Waals surface area contributed by atoms with Crippen LogP contribution in [0.5, 0.6) is 0 Å². The highest BCUT2D eigenvalue weighted by molar-refractivity contribution is 7.89. The van der Waals surface area contributed by atoms with Crippen molar-refractivity contribution in [2.24, 2.45) is 28.4 Å². The van der Waals surface area contributed by atoms with E-state index in [-0.39, 0.29) is 40.9 Å². The van der Waals surface area contributed by atoms with Crippen LogP contribution < -0.4 is 11.1 Å². The largest absolute Gasteiger partial charge is 0.387 e. The Morgan fingerprint density at radius 2 is 1.86 bits per heavy atom. The van der Waals surface area contributed by atoms with E-state index in [1.54, 1.807) is 4.31 Å². The summed E-state index contributed by atoms with van der Waals surface area (Å²) in [6.07, 6.45) is 7.97. The van der Waals surface area contributed by atoms with Gasteiger partial charge in [-0.05, 0) is 60.5 Å². The van der Waals surface area contributed by atoms with Gasteiger partial charge in [0.25, 0.3) is 0 Å². The van der Waals surface area contributed by atoms with Gasteiger partial charge in [0.05, 0.1) is 17.4 Å². The van der Waals surface area contributed by atoms with Crippen LogP contribution in [0.25, 0.3) is 6.08 Å². The first-order chi connectivity index (χ1) is 17.3. The Balaban J connectivity index is 1.34. The average Bonchev–Trinajstić information content (AvgIpc) is 3.38. The number of rotatable bonds is 7. The monoisotopic (exact) mass is 529 g/mol. The number of benzene rings is 1. The second-order valence-corrected chi connectivity index (χ2v) is 15.0. The Morgan fingerprint density at radius 3 is 2.51 bits per heavy atom. The number of piperidine rings is 1. The molecule has 1 heterocycles. The van der Waals surface area contributed by atoms with Gasteiger partial charge in [0.1, 0.15) is 0 Å². The van der Waals surface area contributed by atoms with E-state index in [4.69, 9.17) is 5.73 Å². The molecule has 1 amide bonds. The minimum absolute atomic E-state index is 0.0236. The number of hydrogen-bond acceptors (Lipinski definition) is 5. The van der Waals surface area contributed by atoms with Crippen LogP contribution in [0.15, 0.2) is 30.3 Å². The third kappa shape index (κ3) is 4.01. The van der Waals surface area contributed by atoms with E-state index < -0.39 is 27.1 Å². The third-order valence-corrected chi connectivity index (χ3v) is 12.8. The lowest BCUT2D eigenvalue weighted by Crippen LogP contribution is -2.61. The molecule has 4 N–H and O–H groups in total. The molecule has 2 bridgehead atoms. The van der Waals surface area contributed by atoms with Crippen LogP contribution in [0.4, 0.5) is 0 Å². The van der Waals surface area contributed by atoms with Gasteiger partial charge >= 0.3 is 0 Å². The Bertz CT molecular complexity index is 1200. The molecule has 1 spiro atoms. The Labute approximate surface area is 221 Å². The number of nitrogens with one attached hydrogen (secondary N) is 1. The zero-order valence-corrected chi connectivity index (χ0v) is 23.5. The molecule has 1 aromatic rings. The van der Waals surface area contributed by atoms with Crippen LogP contribution >= 0.6 is 0 Å². The van der Waals surface area contributed by atoms with E-state index in [1.165, 1.54) is 11.1 Å². The van der Waals surface area contributed by atoms with Crippen molar-refractivity contribution in [1.82, 2.24) is 9.62 Å². The molecule has 4 atom stereocenters. The highest BCUT2D eigenvalue weighted by Gasteiger charge is 2.72. The zero-order chi connectivity index (χ0) is 26.9. The van der Waals surface area contributed by atoms with Crippen LogP contribution in [0.1, 0.15) is 70.9 Å². The fourth-order valence-corrected chi connectivity index (χ4v) is 10.3. The van der Waals surface area contributed by atoms with Crippen molar-refractivity contribution in [2.45, 2.75) is 76.9 Å². The SMILES string of the molecule is CC(C)[C@H](N)C(=O)NC[C@@]1(O)C[C@H]2CC[C@]1(CS(=O)(=O)N1CCC3(C=Cc4ccccc43)CC1)C2(C)C. The molecule has 0 unspecified atom stereocenters. The maximum absolute atomic E-state index is 14.0. The summed E-state index contributed by atoms with van der Waals surface area (Å²) in [7, 11) is -3.63. The Kier molecular flexibility index (Phi) is 6.46. The lowest BCUT2D eigenvalue weighted by molar-refractivity contribution is -0.128. The van der Waals surface area contributed by atoms with E-state index in [0.717, 1.165) is 19.3 Å². The number of carbonyl (C=O) groups is 1. The molecule has 4 aliphatic rings. The number of fused-ring (bicyclic) bond motifs is 4. The highest BCUT2D eigenvalue weighted by atomic mass is 32.2. The first-order valence-electron chi connectivity index (χ1n) is 13.8. The molecular formula is C29H43N3O4S. The predicted octanol–water partition coefficient (Wildman–Crippen LogP) is 3.03. The molecule has 5 rings (SSSR count). The van der Waals surface area contributed by atoms with E-state index in [0.29, 0.717) is 25.9 Å². The summed E-state index contributed by atoms with van der Waals surface area (Å²) in [6, 6.07) is 7.72. The van der Waals surface area contributed by atoms with Gasteiger partial charge in [-0.3, -0.25) is 4.79 Å². The predicted molar refractivity (Wildman–Crippen MR) is 146 cm³/mol. The summed E-state index contributed by atoms with van der Waals surface area (Å²) in [5, 5.41) is 14.9. The Hall–Kier alpha value is -1.74. The molecule has 3 fully saturated rings. The van der Waals surface area contributed by atoms with Crippen molar-refractivity contribution in [3.05, 3.63) is 41.5 Å². The summed E-state index contributed by atoms with van der Waals surface area (Å²) >= 11 is 0. The molecule has 3 aliphatic carbocycles. The van der Waals surface area contributed by atoms with Crippen LogP contribution in [0.3, 0.4) is 0 Å². The van der Waals surface area contributed by atoms with E-state index in [2.05, 4.69) is 49.5 Å². The molecule has 7 nitrogen and oxygen atoms in total. The fourth-order valence-electron chi connectivity index (χ4n) is 8.01. The van der Waals surface area contributed by atoms with Gasteiger partial charge in [0, 0.05) is 30.5 Å². The molecule has 8 heteroatoms. The van der Waals surface area contributed by atoms with Crippen LogP contribution in [0, 0.1) is 22.7 Å². The van der Waals surface area contributed by atoms with Crippen molar-refractivity contribution in [1.29, 1.82) is 0 Å². The van der Waals surface area contributed by atoms with Gasteiger partial charge in [-0.1, -0.05) is 64.1 Å². The van der Waals surface area contributed by atoms with Gasteiger partial charge in [-0.25, -0.2) is 12.7 Å². The van der Waals surface area contributed by atoms with E-state index in [1.807, 2.05) is 19.9 Å². The second kappa shape index (κ2) is 8.90. The smallest absolute Gasteiger partial charge is 0.237 e. The lowest BCUT2D eigenvalue weighted by Gasteiger charge is -2.49. The highest BCUT2D eigenvalue weighted by Crippen LogP contribution is 2.70. The van der Waals surface area contributed by atoms with Crippen molar-refractivity contribution < 1.29 is 18.3 Å². The van der Waals surface area contributed by atoms with E-state index >= 15 is 0 Å². The lowest BCUT2D eigenvalue weighted by atomic mass is 9.64. The summed E-state index contributed by atoms with van der Waals surface area (Å²) in [4.78, 5) is 12.6. The molecule has 1 aliphatic heterocycles. The molecule has 204 valence electrons. The van der Waals surface area contributed by atoms with Gasteiger partial charge in [0.15, 0.2) is 0 Å². The molecule has 1 saturated heterocycles. The number of carbonyl (C=O) groups excluding carboxylic acids is 1. The molecule has 1 aromatic carbocycles.